The predicted octanol–water partition coefficient (Wildman–Crippen LogP) is 2.43. The molecule has 0 bridgehead atoms. The molecule has 5 nitrogen and oxygen atoms in total. The van der Waals surface area contributed by atoms with E-state index >= 15 is 0 Å². The number of anilines is 1. The van der Waals surface area contributed by atoms with Crippen LogP contribution in [0.4, 0.5) is 5.82 Å². The van der Waals surface area contributed by atoms with E-state index in [0.717, 1.165) is 4.31 Å². The molecule has 0 atom stereocenters. The maximum absolute atomic E-state index is 12.5. The molecule has 0 N–H and O–H groups in total. The third-order valence-electron chi connectivity index (χ3n) is 2.67. The molecule has 1 heterocycles. The lowest BCUT2D eigenvalue weighted by Gasteiger charge is -2.18. The SMILES string of the molecule is CN(c1ccccn1)S(=O)(=O)c1ccc(C#N)cc1Cl. The Labute approximate surface area is 122 Å². The van der Waals surface area contributed by atoms with Crippen molar-refractivity contribution in [2.45, 2.75) is 4.90 Å². The van der Waals surface area contributed by atoms with Gasteiger partial charge < -0.3 is 0 Å². The van der Waals surface area contributed by atoms with Gasteiger partial charge in [-0.25, -0.2) is 13.4 Å². The summed E-state index contributed by atoms with van der Waals surface area (Å²) in [5.41, 5.74) is 0.300. The molecular formula is C13H10ClN3O2S. The number of rotatable bonds is 3. The molecule has 2 aromatic rings. The molecule has 0 aliphatic carbocycles. The highest BCUT2D eigenvalue weighted by Gasteiger charge is 2.24. The molecule has 102 valence electrons. The number of nitriles is 1. The Bertz CT molecular complexity index is 770. The minimum Gasteiger partial charge on any atom is -0.253 e. The van der Waals surface area contributed by atoms with Gasteiger partial charge in [0.05, 0.1) is 16.7 Å². The van der Waals surface area contributed by atoms with Gasteiger partial charge in [0.1, 0.15) is 10.7 Å². The topological polar surface area (TPSA) is 74.1 Å². The number of aromatic nitrogens is 1. The molecule has 0 aliphatic heterocycles. The highest BCUT2D eigenvalue weighted by atomic mass is 35.5. The van der Waals surface area contributed by atoms with E-state index in [1.54, 1.807) is 18.2 Å². The van der Waals surface area contributed by atoms with E-state index in [0.29, 0.717) is 5.56 Å². The van der Waals surface area contributed by atoms with Crippen LogP contribution in [0.5, 0.6) is 0 Å². The second-order valence-electron chi connectivity index (χ2n) is 3.92. The first-order chi connectivity index (χ1) is 9.46. The molecule has 0 saturated heterocycles. The third-order valence-corrected chi connectivity index (χ3v) is 4.92. The molecule has 0 aliphatic rings. The fraction of sp³-hybridized carbons (Fsp3) is 0.0769. The van der Waals surface area contributed by atoms with Gasteiger partial charge in [-0.1, -0.05) is 17.7 Å². The molecule has 2 rings (SSSR count). The summed E-state index contributed by atoms with van der Waals surface area (Å²) >= 11 is 5.95. The summed E-state index contributed by atoms with van der Waals surface area (Å²) in [5.74, 6) is 0.285. The van der Waals surface area contributed by atoms with Crippen molar-refractivity contribution in [2.75, 3.05) is 11.4 Å². The van der Waals surface area contributed by atoms with Crippen molar-refractivity contribution in [3.8, 4) is 6.07 Å². The van der Waals surface area contributed by atoms with Crippen LogP contribution in [0.3, 0.4) is 0 Å². The van der Waals surface area contributed by atoms with Crippen molar-refractivity contribution in [2.24, 2.45) is 0 Å². The Morgan fingerprint density at radius 2 is 2.05 bits per heavy atom. The Morgan fingerprint density at radius 1 is 1.30 bits per heavy atom. The van der Waals surface area contributed by atoms with Crippen molar-refractivity contribution in [3.05, 3.63) is 53.2 Å². The number of halogens is 1. The average Bonchev–Trinajstić information content (AvgIpc) is 2.46. The molecule has 1 aromatic carbocycles. The fourth-order valence-electron chi connectivity index (χ4n) is 1.59. The van der Waals surface area contributed by atoms with Gasteiger partial charge in [0.15, 0.2) is 0 Å². The van der Waals surface area contributed by atoms with Gasteiger partial charge in [-0.3, -0.25) is 4.31 Å². The summed E-state index contributed by atoms with van der Waals surface area (Å²) in [6, 6.07) is 10.9. The van der Waals surface area contributed by atoms with Crippen LogP contribution in [0, 0.1) is 11.3 Å². The van der Waals surface area contributed by atoms with E-state index in [1.165, 1.54) is 31.4 Å². The quantitative estimate of drug-likeness (QED) is 0.873. The van der Waals surface area contributed by atoms with Crippen LogP contribution in [-0.2, 0) is 10.0 Å². The van der Waals surface area contributed by atoms with Gasteiger partial charge in [0.2, 0.25) is 0 Å². The van der Waals surface area contributed by atoms with Crippen LogP contribution in [0.25, 0.3) is 0 Å². The van der Waals surface area contributed by atoms with E-state index in [9.17, 15) is 8.42 Å². The Hall–Kier alpha value is -2.10. The van der Waals surface area contributed by atoms with E-state index in [1.807, 2.05) is 6.07 Å². The monoisotopic (exact) mass is 307 g/mol. The molecule has 0 unspecified atom stereocenters. The first-order valence-corrected chi connectivity index (χ1v) is 7.38. The van der Waals surface area contributed by atoms with Gasteiger partial charge in [0, 0.05) is 13.2 Å². The molecule has 7 heteroatoms. The van der Waals surface area contributed by atoms with Crippen molar-refractivity contribution in [1.29, 1.82) is 5.26 Å². The van der Waals surface area contributed by atoms with Crippen LogP contribution >= 0.6 is 11.6 Å². The smallest absolute Gasteiger partial charge is 0.253 e. The highest BCUT2D eigenvalue weighted by Crippen LogP contribution is 2.27. The number of hydrogen-bond donors (Lipinski definition) is 0. The summed E-state index contributed by atoms with van der Waals surface area (Å²) < 4.78 is 26.0. The molecule has 0 spiro atoms. The van der Waals surface area contributed by atoms with Crippen molar-refractivity contribution >= 4 is 27.4 Å². The number of pyridine rings is 1. The fourth-order valence-corrected chi connectivity index (χ4v) is 3.26. The van der Waals surface area contributed by atoms with E-state index in [-0.39, 0.29) is 15.7 Å². The van der Waals surface area contributed by atoms with Crippen LogP contribution < -0.4 is 4.31 Å². The van der Waals surface area contributed by atoms with E-state index in [4.69, 9.17) is 16.9 Å². The normalized spacial score (nSPS) is 10.8. The molecule has 1 aromatic heterocycles. The standard InChI is InChI=1S/C13H10ClN3O2S/c1-17(13-4-2-3-7-16-13)20(18,19)12-6-5-10(9-15)8-11(12)14/h2-8H,1H3. The zero-order valence-electron chi connectivity index (χ0n) is 10.5. The largest absolute Gasteiger partial charge is 0.266 e. The lowest BCUT2D eigenvalue weighted by molar-refractivity contribution is 0.594. The average molecular weight is 308 g/mol. The predicted molar refractivity (Wildman–Crippen MR) is 76.0 cm³/mol. The lowest BCUT2D eigenvalue weighted by atomic mass is 10.2. The number of nitrogens with zero attached hydrogens (tertiary/aromatic N) is 3. The molecule has 20 heavy (non-hydrogen) atoms. The molecule has 0 saturated carbocycles. The van der Waals surface area contributed by atoms with Crippen molar-refractivity contribution in [1.82, 2.24) is 4.98 Å². The minimum atomic E-state index is -3.82. The van der Waals surface area contributed by atoms with Gasteiger partial charge in [-0.05, 0) is 30.3 Å². The summed E-state index contributed by atoms with van der Waals surface area (Å²) in [6.45, 7) is 0. The number of sulfonamides is 1. The number of benzene rings is 1. The Morgan fingerprint density at radius 3 is 2.60 bits per heavy atom. The first kappa shape index (κ1) is 14.3. The Kier molecular flexibility index (Phi) is 3.93. The molecule has 0 radical (unpaired) electrons. The Balaban J connectivity index is 2.49. The van der Waals surface area contributed by atoms with E-state index < -0.39 is 10.0 Å². The van der Waals surface area contributed by atoms with Gasteiger partial charge in [0.25, 0.3) is 10.0 Å². The van der Waals surface area contributed by atoms with Crippen LogP contribution in [0.2, 0.25) is 5.02 Å². The van der Waals surface area contributed by atoms with Crippen LogP contribution in [0.1, 0.15) is 5.56 Å². The summed E-state index contributed by atoms with van der Waals surface area (Å²) in [7, 11) is -2.42. The maximum Gasteiger partial charge on any atom is 0.266 e. The van der Waals surface area contributed by atoms with Gasteiger partial charge in [-0.2, -0.15) is 5.26 Å². The van der Waals surface area contributed by atoms with Gasteiger partial charge >= 0.3 is 0 Å². The zero-order valence-corrected chi connectivity index (χ0v) is 12.1. The maximum atomic E-state index is 12.5. The minimum absolute atomic E-state index is 0.00633. The molecular weight excluding hydrogens is 298 g/mol. The highest BCUT2D eigenvalue weighted by molar-refractivity contribution is 7.92. The van der Waals surface area contributed by atoms with Gasteiger partial charge in [-0.15, -0.1) is 0 Å². The third kappa shape index (κ3) is 2.59. The summed E-state index contributed by atoms with van der Waals surface area (Å²) in [5, 5.41) is 8.77. The molecule has 0 amide bonds. The molecule has 0 fully saturated rings. The number of hydrogen-bond acceptors (Lipinski definition) is 4. The second-order valence-corrected chi connectivity index (χ2v) is 6.26. The van der Waals surface area contributed by atoms with Crippen LogP contribution in [-0.4, -0.2) is 20.4 Å². The van der Waals surface area contributed by atoms with Crippen molar-refractivity contribution in [3.63, 3.8) is 0 Å². The summed E-state index contributed by atoms with van der Waals surface area (Å²) in [6.07, 6.45) is 1.50. The summed E-state index contributed by atoms with van der Waals surface area (Å²) in [4.78, 5) is 3.92. The zero-order chi connectivity index (χ0) is 14.8. The lowest BCUT2D eigenvalue weighted by Crippen LogP contribution is -2.27. The van der Waals surface area contributed by atoms with Crippen molar-refractivity contribution < 1.29 is 8.42 Å². The van der Waals surface area contributed by atoms with E-state index in [2.05, 4.69) is 4.98 Å². The van der Waals surface area contributed by atoms with Crippen LogP contribution in [0.15, 0.2) is 47.5 Å². The first-order valence-electron chi connectivity index (χ1n) is 5.56. The second kappa shape index (κ2) is 5.49.